The van der Waals surface area contributed by atoms with Gasteiger partial charge in [-0.15, -0.1) is 0 Å². The number of aromatic nitrogens is 2. The highest BCUT2D eigenvalue weighted by Gasteiger charge is 2.17. The van der Waals surface area contributed by atoms with E-state index >= 15 is 0 Å². The Morgan fingerprint density at radius 1 is 1.26 bits per heavy atom. The summed E-state index contributed by atoms with van der Waals surface area (Å²) in [7, 11) is 0. The van der Waals surface area contributed by atoms with E-state index in [1.165, 1.54) is 22.3 Å². The zero-order chi connectivity index (χ0) is 14.4. The lowest BCUT2D eigenvalue weighted by Gasteiger charge is -2.21. The zero-order valence-electron chi connectivity index (χ0n) is 13.0. The van der Waals surface area contributed by atoms with Crippen LogP contribution in [0.5, 0.6) is 0 Å². The number of aryl methyl sites for hydroxylation is 2. The third-order valence-corrected chi connectivity index (χ3v) is 4.57. The van der Waals surface area contributed by atoms with E-state index < -0.39 is 0 Å². The minimum absolute atomic E-state index is 0.585. The molecule has 0 aliphatic rings. The second-order valence-corrected chi connectivity index (χ2v) is 6.12. The van der Waals surface area contributed by atoms with Crippen molar-refractivity contribution in [3.63, 3.8) is 0 Å². The van der Waals surface area contributed by atoms with Crippen LogP contribution >= 0.6 is 15.9 Å². The Hall–Kier alpha value is -0.350. The fraction of sp³-hybridized carbons (Fsp3) is 0.800. The van der Waals surface area contributed by atoms with Crippen LogP contribution in [0.15, 0.2) is 4.47 Å². The first-order valence-corrected chi connectivity index (χ1v) is 8.31. The summed E-state index contributed by atoms with van der Waals surface area (Å²) in [6.45, 7) is 13.1. The molecule has 1 heterocycles. The van der Waals surface area contributed by atoms with E-state index in [2.05, 4.69) is 65.6 Å². The van der Waals surface area contributed by atoms with Crippen LogP contribution in [0.25, 0.3) is 0 Å². The summed E-state index contributed by atoms with van der Waals surface area (Å²) in [4.78, 5) is 0. The van der Waals surface area contributed by atoms with Gasteiger partial charge in [0.25, 0.3) is 0 Å². The molecule has 0 amide bonds. The predicted octanol–water partition coefficient (Wildman–Crippen LogP) is 3.79. The number of nitrogens with one attached hydrogen (secondary N) is 1. The molecule has 3 nitrogen and oxygen atoms in total. The van der Waals surface area contributed by atoms with Gasteiger partial charge in [-0.3, -0.25) is 4.68 Å². The Morgan fingerprint density at radius 3 is 2.42 bits per heavy atom. The fourth-order valence-electron chi connectivity index (χ4n) is 2.48. The lowest BCUT2D eigenvalue weighted by Crippen LogP contribution is -2.34. The van der Waals surface area contributed by atoms with E-state index in [0.29, 0.717) is 12.0 Å². The van der Waals surface area contributed by atoms with Gasteiger partial charge in [0.1, 0.15) is 0 Å². The largest absolute Gasteiger partial charge is 0.314 e. The Morgan fingerprint density at radius 2 is 1.95 bits per heavy atom. The smallest absolute Gasteiger partial charge is 0.0766 e. The molecule has 0 bridgehead atoms. The molecule has 0 saturated heterocycles. The number of halogens is 1. The van der Waals surface area contributed by atoms with Crippen molar-refractivity contribution < 1.29 is 0 Å². The summed E-state index contributed by atoms with van der Waals surface area (Å²) < 4.78 is 3.36. The summed E-state index contributed by atoms with van der Waals surface area (Å²) in [6, 6.07) is 0.585. The van der Waals surface area contributed by atoms with Crippen molar-refractivity contribution in [3.8, 4) is 0 Å². The minimum Gasteiger partial charge on any atom is -0.314 e. The number of rotatable bonds is 8. The van der Waals surface area contributed by atoms with Crippen molar-refractivity contribution in [2.45, 2.75) is 66.5 Å². The number of hydrogen-bond donors (Lipinski definition) is 1. The van der Waals surface area contributed by atoms with Crippen LogP contribution in [0.1, 0.15) is 52.4 Å². The summed E-state index contributed by atoms with van der Waals surface area (Å²) in [5, 5.41) is 8.25. The van der Waals surface area contributed by atoms with Gasteiger partial charge in [0.15, 0.2) is 0 Å². The van der Waals surface area contributed by atoms with Gasteiger partial charge in [-0.25, -0.2) is 0 Å². The van der Waals surface area contributed by atoms with Gasteiger partial charge in [0.2, 0.25) is 0 Å². The predicted molar refractivity (Wildman–Crippen MR) is 85.6 cm³/mol. The van der Waals surface area contributed by atoms with Crippen LogP contribution in [0, 0.1) is 5.92 Å². The standard InChI is InChI=1S/C15H28BrN3/c1-6-12-15(16)14(19(8-3)18-12)10-9-13(11(4)5)17-7-2/h11,13,17H,6-10H2,1-5H3. The third-order valence-electron chi connectivity index (χ3n) is 3.66. The summed E-state index contributed by atoms with van der Waals surface area (Å²) in [5.41, 5.74) is 2.53. The molecule has 1 aromatic rings. The molecule has 0 aromatic carbocycles. The molecule has 0 saturated carbocycles. The average molecular weight is 330 g/mol. The van der Waals surface area contributed by atoms with Gasteiger partial charge in [-0.2, -0.15) is 5.10 Å². The van der Waals surface area contributed by atoms with Crippen LogP contribution in [0.4, 0.5) is 0 Å². The SMILES string of the molecule is CCNC(CCc1c(Br)c(CC)nn1CC)C(C)C. The maximum atomic E-state index is 4.66. The van der Waals surface area contributed by atoms with Gasteiger partial charge in [-0.1, -0.05) is 27.7 Å². The van der Waals surface area contributed by atoms with Crippen LogP contribution < -0.4 is 5.32 Å². The lowest BCUT2D eigenvalue weighted by molar-refractivity contribution is 0.381. The Labute approximate surface area is 126 Å². The van der Waals surface area contributed by atoms with E-state index in [4.69, 9.17) is 0 Å². The lowest BCUT2D eigenvalue weighted by atomic mass is 9.98. The van der Waals surface area contributed by atoms with E-state index in [1.54, 1.807) is 0 Å². The normalized spacial score (nSPS) is 13.2. The maximum absolute atomic E-state index is 4.66. The molecule has 0 fully saturated rings. The van der Waals surface area contributed by atoms with Gasteiger partial charge in [0.05, 0.1) is 15.9 Å². The first kappa shape index (κ1) is 16.7. The van der Waals surface area contributed by atoms with E-state index in [0.717, 1.165) is 25.9 Å². The monoisotopic (exact) mass is 329 g/mol. The van der Waals surface area contributed by atoms with Gasteiger partial charge in [-0.05, 0) is 54.6 Å². The Bertz CT molecular complexity index is 385. The first-order chi connectivity index (χ1) is 9.04. The van der Waals surface area contributed by atoms with E-state index in [-0.39, 0.29) is 0 Å². The van der Waals surface area contributed by atoms with Crippen LogP contribution in [-0.4, -0.2) is 22.4 Å². The molecular formula is C15H28BrN3. The molecule has 0 aliphatic heterocycles. The molecule has 1 atom stereocenters. The van der Waals surface area contributed by atoms with E-state index in [1.807, 2.05) is 0 Å². The summed E-state index contributed by atoms with van der Waals surface area (Å²) >= 11 is 3.73. The average Bonchev–Trinajstić information content (AvgIpc) is 2.70. The van der Waals surface area contributed by atoms with Crippen molar-refractivity contribution in [3.05, 3.63) is 15.9 Å². The second kappa shape index (κ2) is 8.05. The summed E-state index contributed by atoms with van der Waals surface area (Å²) in [6.07, 6.45) is 3.23. The molecule has 1 N–H and O–H groups in total. The number of hydrogen-bond acceptors (Lipinski definition) is 2. The third kappa shape index (κ3) is 4.32. The molecule has 0 radical (unpaired) electrons. The quantitative estimate of drug-likeness (QED) is 0.786. The molecule has 1 unspecified atom stereocenters. The van der Waals surface area contributed by atoms with Gasteiger partial charge < -0.3 is 5.32 Å². The van der Waals surface area contributed by atoms with Gasteiger partial charge in [0, 0.05) is 12.6 Å². The van der Waals surface area contributed by atoms with Crippen molar-refractivity contribution in [1.29, 1.82) is 0 Å². The van der Waals surface area contributed by atoms with Crippen LogP contribution in [0.3, 0.4) is 0 Å². The van der Waals surface area contributed by atoms with Crippen molar-refractivity contribution in [2.75, 3.05) is 6.54 Å². The molecule has 1 rings (SSSR count). The van der Waals surface area contributed by atoms with E-state index in [9.17, 15) is 0 Å². The minimum atomic E-state index is 0.585. The highest BCUT2D eigenvalue weighted by molar-refractivity contribution is 9.10. The number of nitrogens with zero attached hydrogens (tertiary/aromatic N) is 2. The first-order valence-electron chi connectivity index (χ1n) is 7.52. The summed E-state index contributed by atoms with van der Waals surface area (Å²) in [5.74, 6) is 0.669. The molecular weight excluding hydrogens is 302 g/mol. The Balaban J connectivity index is 2.78. The van der Waals surface area contributed by atoms with Gasteiger partial charge >= 0.3 is 0 Å². The molecule has 0 spiro atoms. The van der Waals surface area contributed by atoms with Crippen molar-refractivity contribution >= 4 is 15.9 Å². The molecule has 4 heteroatoms. The second-order valence-electron chi connectivity index (χ2n) is 5.32. The Kier molecular flexibility index (Phi) is 7.08. The fourth-order valence-corrected chi connectivity index (χ4v) is 3.24. The highest BCUT2D eigenvalue weighted by Crippen LogP contribution is 2.24. The topological polar surface area (TPSA) is 29.9 Å². The molecule has 0 aliphatic carbocycles. The van der Waals surface area contributed by atoms with Crippen molar-refractivity contribution in [2.24, 2.45) is 5.92 Å². The molecule has 19 heavy (non-hydrogen) atoms. The maximum Gasteiger partial charge on any atom is 0.0766 e. The van der Waals surface area contributed by atoms with Crippen LogP contribution in [-0.2, 0) is 19.4 Å². The van der Waals surface area contributed by atoms with Crippen LogP contribution in [0.2, 0.25) is 0 Å². The zero-order valence-corrected chi connectivity index (χ0v) is 14.5. The molecule has 1 aromatic heterocycles. The highest BCUT2D eigenvalue weighted by atomic mass is 79.9. The van der Waals surface area contributed by atoms with Crippen molar-refractivity contribution in [1.82, 2.24) is 15.1 Å². The molecule has 110 valence electrons.